The van der Waals surface area contributed by atoms with Crippen LogP contribution in [-0.4, -0.2) is 56.9 Å². The van der Waals surface area contributed by atoms with Crippen molar-refractivity contribution >= 4 is 5.82 Å². The predicted molar refractivity (Wildman–Crippen MR) is 62.1 cm³/mol. The van der Waals surface area contributed by atoms with Gasteiger partial charge in [-0.05, 0) is 6.07 Å². The van der Waals surface area contributed by atoms with E-state index in [2.05, 4.69) is 4.98 Å². The first-order valence-corrected chi connectivity index (χ1v) is 5.62. The molecule has 0 aromatic carbocycles. The van der Waals surface area contributed by atoms with Gasteiger partial charge in [-0.2, -0.15) is 10.0 Å². The van der Waals surface area contributed by atoms with Crippen LogP contribution in [0.3, 0.4) is 0 Å². The first kappa shape index (κ1) is 13.9. The molecule has 0 bridgehead atoms. The molecule has 1 aromatic heterocycles. The summed E-state index contributed by atoms with van der Waals surface area (Å²) in [7, 11) is 1.25. The number of hydrogen-bond acceptors (Lipinski definition) is 7. The number of hydroxylamine groups is 2. The monoisotopic (exact) mass is 274 g/mol. The van der Waals surface area contributed by atoms with E-state index in [1.165, 1.54) is 19.3 Å². The van der Waals surface area contributed by atoms with E-state index >= 15 is 0 Å². The largest absolute Gasteiger partial charge is 0.394 e. The predicted octanol–water partition coefficient (Wildman–Crippen LogP) is -1.26. The third kappa shape index (κ3) is 2.45. The van der Waals surface area contributed by atoms with Crippen molar-refractivity contribution in [3.05, 3.63) is 22.7 Å². The number of ether oxygens (including phenoxy) is 1. The minimum absolute atomic E-state index is 0.0178. The third-order valence-electron chi connectivity index (χ3n) is 3.03. The van der Waals surface area contributed by atoms with Gasteiger partial charge in [-0.25, -0.2) is 9.18 Å². The van der Waals surface area contributed by atoms with Gasteiger partial charge in [-0.1, -0.05) is 0 Å². The van der Waals surface area contributed by atoms with Crippen molar-refractivity contribution in [1.29, 1.82) is 0 Å². The van der Waals surface area contributed by atoms with Crippen molar-refractivity contribution in [1.82, 2.24) is 14.6 Å². The number of nitrogen functional groups attached to an aromatic ring is 1. The number of aliphatic hydroxyl groups is 1. The summed E-state index contributed by atoms with van der Waals surface area (Å²) in [5.41, 5.74) is 4.58. The molecule has 1 aliphatic rings. The maximum Gasteiger partial charge on any atom is 0.351 e. The van der Waals surface area contributed by atoms with Crippen LogP contribution in [0.25, 0.3) is 0 Å². The van der Waals surface area contributed by atoms with Gasteiger partial charge < -0.3 is 20.8 Å². The van der Waals surface area contributed by atoms with Crippen molar-refractivity contribution in [2.45, 2.75) is 24.5 Å². The van der Waals surface area contributed by atoms with Gasteiger partial charge in [0.25, 0.3) is 0 Å². The number of nitrogens with zero attached hydrogens (tertiary/aromatic N) is 3. The molecule has 4 N–H and O–H groups in total. The zero-order valence-corrected chi connectivity index (χ0v) is 10.2. The average molecular weight is 274 g/mol. The van der Waals surface area contributed by atoms with E-state index in [1.807, 2.05) is 0 Å². The fraction of sp³-hybridized carbons (Fsp3) is 0.600. The normalized spacial score (nSPS) is 31.0. The summed E-state index contributed by atoms with van der Waals surface area (Å²) >= 11 is 0. The molecule has 0 radical (unpaired) electrons. The molecule has 9 heteroatoms. The third-order valence-corrected chi connectivity index (χ3v) is 3.03. The Hall–Kier alpha value is -1.55. The molecule has 1 aromatic rings. The molecular formula is C10H15FN4O4. The van der Waals surface area contributed by atoms with Gasteiger partial charge in [0, 0.05) is 13.2 Å². The van der Waals surface area contributed by atoms with Crippen molar-refractivity contribution in [2.75, 3.05) is 19.4 Å². The smallest absolute Gasteiger partial charge is 0.351 e. The fourth-order valence-corrected chi connectivity index (χ4v) is 2.14. The molecule has 19 heavy (non-hydrogen) atoms. The molecule has 0 unspecified atom stereocenters. The lowest BCUT2D eigenvalue weighted by Crippen LogP contribution is -2.43. The van der Waals surface area contributed by atoms with Crippen molar-refractivity contribution in [3.8, 4) is 0 Å². The van der Waals surface area contributed by atoms with E-state index in [1.54, 1.807) is 0 Å². The lowest BCUT2D eigenvalue weighted by atomic mass is 10.1. The number of anilines is 1. The van der Waals surface area contributed by atoms with Crippen LogP contribution in [-0.2, 0) is 4.74 Å². The van der Waals surface area contributed by atoms with E-state index < -0.39 is 36.8 Å². The molecule has 1 aliphatic heterocycles. The van der Waals surface area contributed by atoms with Gasteiger partial charge in [-0.15, -0.1) is 0 Å². The highest BCUT2D eigenvalue weighted by molar-refractivity contribution is 5.23. The van der Waals surface area contributed by atoms with E-state index in [-0.39, 0.29) is 5.82 Å². The number of rotatable bonds is 3. The first-order chi connectivity index (χ1) is 8.95. The molecule has 0 saturated carbocycles. The van der Waals surface area contributed by atoms with Crippen molar-refractivity contribution in [3.63, 3.8) is 0 Å². The van der Waals surface area contributed by atoms with Crippen LogP contribution in [0.4, 0.5) is 10.2 Å². The van der Waals surface area contributed by atoms with Crippen LogP contribution in [0.5, 0.6) is 0 Å². The quantitative estimate of drug-likeness (QED) is 0.590. The molecule has 8 nitrogen and oxygen atoms in total. The summed E-state index contributed by atoms with van der Waals surface area (Å²) in [4.78, 5) is 15.1. The summed E-state index contributed by atoms with van der Waals surface area (Å²) in [6, 6.07) is 0.265. The molecule has 2 rings (SSSR count). The summed E-state index contributed by atoms with van der Waals surface area (Å²) in [6.45, 7) is -0.483. The van der Waals surface area contributed by atoms with Gasteiger partial charge in [-0.3, -0.25) is 4.57 Å². The second-order valence-corrected chi connectivity index (χ2v) is 4.30. The minimum Gasteiger partial charge on any atom is -0.394 e. The zero-order chi connectivity index (χ0) is 14.2. The summed E-state index contributed by atoms with van der Waals surface area (Å²) in [5.74, 6) is 0.0178. The van der Waals surface area contributed by atoms with Crippen molar-refractivity contribution < 1.29 is 19.4 Å². The van der Waals surface area contributed by atoms with Gasteiger partial charge in [0.1, 0.15) is 11.9 Å². The topological polar surface area (TPSA) is 114 Å². The van der Waals surface area contributed by atoms with Gasteiger partial charge in [0.15, 0.2) is 12.4 Å². The number of likely N-dealkylation sites (N-methyl/N-ethyl adjacent to an activating group) is 1. The Bertz CT molecular complexity index is 509. The zero-order valence-electron chi connectivity index (χ0n) is 10.2. The second-order valence-electron chi connectivity index (χ2n) is 4.30. The van der Waals surface area contributed by atoms with Gasteiger partial charge >= 0.3 is 5.69 Å². The first-order valence-electron chi connectivity index (χ1n) is 5.62. The van der Waals surface area contributed by atoms with E-state index in [4.69, 9.17) is 15.6 Å². The van der Waals surface area contributed by atoms with E-state index in [0.717, 1.165) is 4.57 Å². The SMILES string of the molecule is CN(O)[C@@H]1[C@H](F)[C@H](n2ccc(N)nc2=O)O[C@@H]1CO. The molecule has 2 heterocycles. The van der Waals surface area contributed by atoms with E-state index in [0.29, 0.717) is 5.06 Å². The van der Waals surface area contributed by atoms with E-state index in [9.17, 15) is 14.4 Å². The Morgan fingerprint density at radius 1 is 1.68 bits per heavy atom. The van der Waals surface area contributed by atoms with Crippen LogP contribution < -0.4 is 11.4 Å². The molecule has 4 atom stereocenters. The highest BCUT2D eigenvalue weighted by Gasteiger charge is 2.48. The molecular weight excluding hydrogens is 259 g/mol. The molecule has 1 saturated heterocycles. The van der Waals surface area contributed by atoms with Crippen molar-refractivity contribution in [2.24, 2.45) is 0 Å². The second kappa shape index (κ2) is 5.21. The molecule has 0 amide bonds. The lowest BCUT2D eigenvalue weighted by molar-refractivity contribution is -0.134. The number of alkyl halides is 1. The van der Waals surface area contributed by atoms with Gasteiger partial charge in [0.2, 0.25) is 0 Å². The van der Waals surface area contributed by atoms with Crippen LogP contribution in [0.2, 0.25) is 0 Å². The number of nitrogens with two attached hydrogens (primary N) is 1. The Morgan fingerprint density at radius 2 is 2.37 bits per heavy atom. The molecule has 0 aliphatic carbocycles. The highest BCUT2D eigenvalue weighted by Crippen LogP contribution is 2.32. The Balaban J connectivity index is 2.34. The lowest BCUT2D eigenvalue weighted by Gasteiger charge is -2.22. The minimum atomic E-state index is -1.70. The number of aliphatic hydroxyl groups excluding tert-OH is 1. The summed E-state index contributed by atoms with van der Waals surface area (Å²) < 4.78 is 20.4. The number of halogens is 1. The standard InChI is InChI=1S/C10H15FN4O4/c1-14(18)8-5(4-16)19-9(7(8)11)15-3-2-6(12)13-10(15)17/h2-3,5,7-9,16,18H,4H2,1H3,(H2,12,13,17)/t5-,7+,8+,9-/m1/s1. The summed E-state index contributed by atoms with van der Waals surface area (Å²) in [5, 5.41) is 19.1. The number of aromatic nitrogens is 2. The molecule has 1 fully saturated rings. The fourth-order valence-electron chi connectivity index (χ4n) is 2.14. The van der Waals surface area contributed by atoms with Gasteiger partial charge in [0.05, 0.1) is 12.6 Å². The Kier molecular flexibility index (Phi) is 3.80. The van der Waals surface area contributed by atoms with Crippen LogP contribution in [0.15, 0.2) is 17.1 Å². The maximum absolute atomic E-state index is 14.3. The summed E-state index contributed by atoms with van der Waals surface area (Å²) in [6.07, 6.45) is -2.65. The highest BCUT2D eigenvalue weighted by atomic mass is 19.1. The average Bonchev–Trinajstić information content (AvgIpc) is 2.66. The Labute approximate surface area is 107 Å². The molecule has 0 spiro atoms. The Morgan fingerprint density at radius 3 is 2.84 bits per heavy atom. The van der Waals surface area contributed by atoms with Crippen LogP contribution in [0, 0.1) is 0 Å². The van der Waals surface area contributed by atoms with Crippen LogP contribution >= 0.6 is 0 Å². The number of hydrogen-bond donors (Lipinski definition) is 3. The maximum atomic E-state index is 14.3. The molecule has 106 valence electrons. The van der Waals surface area contributed by atoms with Crippen LogP contribution in [0.1, 0.15) is 6.23 Å².